The van der Waals surface area contributed by atoms with Gasteiger partial charge in [-0.15, -0.1) is 0 Å². The Bertz CT molecular complexity index is 577. The third kappa shape index (κ3) is 1.97. The quantitative estimate of drug-likeness (QED) is 0.786. The van der Waals surface area contributed by atoms with E-state index in [2.05, 4.69) is 22.4 Å². The summed E-state index contributed by atoms with van der Waals surface area (Å²) in [6.07, 6.45) is 1.74. The first-order valence-corrected chi connectivity index (χ1v) is 6.20. The molecule has 0 saturated carbocycles. The highest BCUT2D eigenvalue weighted by atomic mass is 16.2. The van der Waals surface area contributed by atoms with Crippen LogP contribution in [0, 0.1) is 0 Å². The topological polar surface area (TPSA) is 61.0 Å². The van der Waals surface area contributed by atoms with Gasteiger partial charge in [-0.25, -0.2) is 0 Å². The summed E-state index contributed by atoms with van der Waals surface area (Å²) in [4.78, 5) is 14.3. The molecule has 5 nitrogen and oxygen atoms in total. The second-order valence-electron chi connectivity index (χ2n) is 4.78. The summed E-state index contributed by atoms with van der Waals surface area (Å²) >= 11 is 0. The molecule has 0 bridgehead atoms. The molecule has 94 valence electrons. The van der Waals surface area contributed by atoms with Crippen LogP contribution in [0.4, 0.5) is 0 Å². The van der Waals surface area contributed by atoms with Crippen molar-refractivity contribution >= 4 is 16.8 Å². The van der Waals surface area contributed by atoms with Crippen molar-refractivity contribution in [1.82, 2.24) is 20.4 Å². The largest absolute Gasteiger partial charge is 0.336 e. The Morgan fingerprint density at radius 2 is 2.39 bits per heavy atom. The maximum absolute atomic E-state index is 12.4. The maximum atomic E-state index is 12.4. The Kier molecular flexibility index (Phi) is 2.76. The van der Waals surface area contributed by atoms with Crippen LogP contribution in [0.25, 0.3) is 10.9 Å². The first kappa shape index (κ1) is 11.2. The summed E-state index contributed by atoms with van der Waals surface area (Å²) in [6.45, 7) is 4.49. The minimum atomic E-state index is 0.103. The second kappa shape index (κ2) is 4.42. The van der Waals surface area contributed by atoms with Gasteiger partial charge in [0.1, 0.15) is 0 Å². The zero-order valence-corrected chi connectivity index (χ0v) is 10.3. The zero-order chi connectivity index (χ0) is 12.5. The molecule has 3 rings (SSSR count). The van der Waals surface area contributed by atoms with Gasteiger partial charge < -0.3 is 10.2 Å². The summed E-state index contributed by atoms with van der Waals surface area (Å²) in [5.74, 6) is 0.103. The van der Waals surface area contributed by atoms with Crippen molar-refractivity contribution in [2.75, 3.05) is 19.6 Å². The molecule has 2 N–H and O–H groups in total. The number of nitrogens with one attached hydrogen (secondary N) is 2. The predicted octanol–water partition coefficient (Wildman–Crippen LogP) is 0.997. The lowest BCUT2D eigenvalue weighted by atomic mass is 10.1. The summed E-state index contributed by atoms with van der Waals surface area (Å²) in [5, 5.41) is 11.2. The number of aromatic amines is 1. The van der Waals surface area contributed by atoms with Crippen molar-refractivity contribution in [3.05, 3.63) is 30.0 Å². The highest BCUT2D eigenvalue weighted by molar-refractivity contribution is 5.97. The number of H-pyrrole nitrogens is 1. The minimum Gasteiger partial charge on any atom is -0.336 e. The molecule has 5 heteroatoms. The number of hydrogen-bond acceptors (Lipinski definition) is 3. The molecule has 1 atom stereocenters. The molecule has 18 heavy (non-hydrogen) atoms. The lowest BCUT2D eigenvalue weighted by Crippen LogP contribution is -2.51. The van der Waals surface area contributed by atoms with Crippen LogP contribution in [-0.2, 0) is 0 Å². The van der Waals surface area contributed by atoms with Crippen molar-refractivity contribution in [3.63, 3.8) is 0 Å². The van der Waals surface area contributed by atoms with Gasteiger partial charge in [0.25, 0.3) is 5.91 Å². The Morgan fingerprint density at radius 3 is 3.22 bits per heavy atom. The van der Waals surface area contributed by atoms with Crippen LogP contribution >= 0.6 is 0 Å². The number of hydrogen-bond donors (Lipinski definition) is 2. The third-order valence-electron chi connectivity index (χ3n) is 3.34. The molecule has 1 fully saturated rings. The van der Waals surface area contributed by atoms with Gasteiger partial charge >= 0.3 is 0 Å². The van der Waals surface area contributed by atoms with Crippen molar-refractivity contribution in [1.29, 1.82) is 0 Å². The van der Waals surface area contributed by atoms with Gasteiger partial charge in [-0.1, -0.05) is 0 Å². The number of fused-ring (bicyclic) bond motifs is 1. The lowest BCUT2D eigenvalue weighted by Gasteiger charge is -2.32. The maximum Gasteiger partial charge on any atom is 0.253 e. The van der Waals surface area contributed by atoms with E-state index in [-0.39, 0.29) is 5.91 Å². The van der Waals surface area contributed by atoms with E-state index in [9.17, 15) is 4.79 Å². The molecular formula is C13H16N4O. The fourth-order valence-electron chi connectivity index (χ4n) is 2.38. The number of benzene rings is 1. The van der Waals surface area contributed by atoms with Crippen LogP contribution in [0.2, 0.25) is 0 Å². The lowest BCUT2D eigenvalue weighted by molar-refractivity contribution is 0.0709. The Balaban J connectivity index is 1.86. The molecular weight excluding hydrogens is 228 g/mol. The number of aromatic nitrogens is 2. The summed E-state index contributed by atoms with van der Waals surface area (Å²) in [5.41, 5.74) is 1.69. The monoisotopic (exact) mass is 244 g/mol. The summed E-state index contributed by atoms with van der Waals surface area (Å²) in [7, 11) is 0. The highest BCUT2D eigenvalue weighted by Gasteiger charge is 2.21. The third-order valence-corrected chi connectivity index (χ3v) is 3.34. The highest BCUT2D eigenvalue weighted by Crippen LogP contribution is 2.15. The standard InChI is InChI=1S/C13H16N4O/c1-9-8-17(5-4-14-9)13(18)10-2-3-12-11(6-10)7-15-16-12/h2-3,6-7,9,14H,4-5,8H2,1H3,(H,15,16). The van der Waals surface area contributed by atoms with E-state index in [1.807, 2.05) is 23.1 Å². The van der Waals surface area contributed by atoms with E-state index < -0.39 is 0 Å². The Labute approximate surface area is 105 Å². The molecule has 1 aromatic carbocycles. The van der Waals surface area contributed by atoms with E-state index in [1.165, 1.54) is 0 Å². The number of nitrogens with zero attached hydrogens (tertiary/aromatic N) is 2. The molecule has 1 saturated heterocycles. The molecule has 2 aromatic rings. The molecule has 0 aliphatic carbocycles. The van der Waals surface area contributed by atoms with Crippen molar-refractivity contribution in [2.24, 2.45) is 0 Å². The van der Waals surface area contributed by atoms with E-state index in [0.717, 1.165) is 36.1 Å². The second-order valence-corrected chi connectivity index (χ2v) is 4.78. The van der Waals surface area contributed by atoms with E-state index in [4.69, 9.17) is 0 Å². The fourth-order valence-corrected chi connectivity index (χ4v) is 2.38. The smallest absolute Gasteiger partial charge is 0.253 e. The number of amides is 1. The van der Waals surface area contributed by atoms with Gasteiger partial charge in [0, 0.05) is 36.6 Å². The van der Waals surface area contributed by atoms with Crippen LogP contribution in [0.15, 0.2) is 24.4 Å². The Hall–Kier alpha value is -1.88. The van der Waals surface area contributed by atoms with Gasteiger partial charge in [-0.3, -0.25) is 9.89 Å². The minimum absolute atomic E-state index is 0.103. The van der Waals surface area contributed by atoms with Gasteiger partial charge in [0.05, 0.1) is 11.7 Å². The first-order valence-electron chi connectivity index (χ1n) is 6.20. The van der Waals surface area contributed by atoms with Gasteiger partial charge in [-0.2, -0.15) is 5.10 Å². The number of rotatable bonds is 1. The Morgan fingerprint density at radius 1 is 1.50 bits per heavy atom. The predicted molar refractivity (Wildman–Crippen MR) is 69.5 cm³/mol. The molecule has 0 spiro atoms. The number of carbonyl (C=O) groups excluding carboxylic acids is 1. The average Bonchev–Trinajstić information content (AvgIpc) is 2.85. The van der Waals surface area contributed by atoms with Crippen molar-refractivity contribution < 1.29 is 4.79 Å². The van der Waals surface area contributed by atoms with Crippen LogP contribution in [-0.4, -0.2) is 46.7 Å². The molecule has 1 aliphatic heterocycles. The SMILES string of the molecule is CC1CN(C(=O)c2ccc3[nH]ncc3c2)CCN1. The van der Waals surface area contributed by atoms with Gasteiger partial charge in [0.2, 0.25) is 0 Å². The van der Waals surface area contributed by atoms with Crippen molar-refractivity contribution in [3.8, 4) is 0 Å². The normalized spacial score (nSPS) is 20.3. The molecule has 1 aromatic heterocycles. The van der Waals surface area contributed by atoms with Crippen LogP contribution in [0.5, 0.6) is 0 Å². The van der Waals surface area contributed by atoms with Crippen molar-refractivity contribution in [2.45, 2.75) is 13.0 Å². The van der Waals surface area contributed by atoms with E-state index in [1.54, 1.807) is 6.20 Å². The molecule has 1 unspecified atom stereocenters. The van der Waals surface area contributed by atoms with Crippen LogP contribution in [0.3, 0.4) is 0 Å². The molecule has 1 amide bonds. The molecule has 0 radical (unpaired) electrons. The fraction of sp³-hybridized carbons (Fsp3) is 0.385. The summed E-state index contributed by atoms with van der Waals surface area (Å²) < 4.78 is 0. The summed E-state index contributed by atoms with van der Waals surface area (Å²) in [6, 6.07) is 6.02. The zero-order valence-electron chi connectivity index (χ0n) is 10.3. The number of piperazine rings is 1. The van der Waals surface area contributed by atoms with E-state index >= 15 is 0 Å². The first-order chi connectivity index (χ1) is 8.74. The van der Waals surface area contributed by atoms with Crippen LogP contribution in [0.1, 0.15) is 17.3 Å². The van der Waals surface area contributed by atoms with Gasteiger partial charge in [-0.05, 0) is 25.1 Å². The molecule has 1 aliphatic rings. The van der Waals surface area contributed by atoms with E-state index in [0.29, 0.717) is 6.04 Å². The molecule has 2 heterocycles. The number of carbonyl (C=O) groups is 1. The average molecular weight is 244 g/mol. The van der Waals surface area contributed by atoms with Crippen LogP contribution < -0.4 is 5.32 Å². The van der Waals surface area contributed by atoms with Gasteiger partial charge in [0.15, 0.2) is 0 Å².